The minimum absolute atomic E-state index is 0.00121. The normalized spacial score (nSPS) is 10.1. The van der Waals surface area contributed by atoms with Crippen molar-refractivity contribution in [3.05, 3.63) is 56.4 Å². The number of halogens is 1. The lowest BCUT2D eigenvalue weighted by Crippen LogP contribution is -2.24. The topological polar surface area (TPSA) is 67.2 Å². The molecular weight excluding hydrogens is 334 g/mol. The molecule has 0 aliphatic rings. The van der Waals surface area contributed by atoms with E-state index in [0.717, 1.165) is 11.1 Å². The highest BCUT2D eigenvalue weighted by Gasteiger charge is 2.08. The van der Waals surface area contributed by atoms with Gasteiger partial charge < -0.3 is 10.4 Å². The van der Waals surface area contributed by atoms with Crippen molar-refractivity contribution in [1.82, 2.24) is 9.78 Å². The average molecular weight is 348 g/mol. The van der Waals surface area contributed by atoms with Gasteiger partial charge in [0.05, 0.1) is 18.5 Å². The summed E-state index contributed by atoms with van der Waals surface area (Å²) in [5, 5.41) is 16.2. The highest BCUT2D eigenvalue weighted by molar-refractivity contribution is 9.10. The third-order valence-corrected chi connectivity index (χ3v) is 3.65. The first-order valence-electron chi connectivity index (χ1n) is 6.27. The number of terminal acetylenes is 1. The summed E-state index contributed by atoms with van der Waals surface area (Å²) in [4.78, 5) is 12.0. The molecule has 2 N–H and O–H groups in total. The molecule has 21 heavy (non-hydrogen) atoms. The zero-order chi connectivity index (χ0) is 15.2. The summed E-state index contributed by atoms with van der Waals surface area (Å²) in [5.74, 6) is 2.38. The van der Waals surface area contributed by atoms with Crippen LogP contribution < -0.4 is 10.9 Å². The van der Waals surface area contributed by atoms with E-state index < -0.39 is 0 Å². The van der Waals surface area contributed by atoms with E-state index in [4.69, 9.17) is 11.5 Å². The van der Waals surface area contributed by atoms with Gasteiger partial charge in [0, 0.05) is 6.54 Å². The van der Waals surface area contributed by atoms with Crippen LogP contribution in [0.15, 0.2) is 39.7 Å². The first kappa shape index (κ1) is 15.3. The maximum Gasteiger partial charge on any atom is 0.284 e. The smallest absolute Gasteiger partial charge is 0.284 e. The van der Waals surface area contributed by atoms with Crippen LogP contribution in [0.25, 0.3) is 0 Å². The van der Waals surface area contributed by atoms with Crippen LogP contribution in [0.5, 0.6) is 0 Å². The van der Waals surface area contributed by atoms with Gasteiger partial charge in [0.15, 0.2) is 0 Å². The van der Waals surface area contributed by atoms with Crippen LogP contribution in [-0.4, -0.2) is 14.9 Å². The number of nitrogens with one attached hydrogen (secondary N) is 1. The Balaban J connectivity index is 2.15. The molecule has 0 unspecified atom stereocenters. The van der Waals surface area contributed by atoms with Crippen LogP contribution in [0.4, 0.5) is 5.69 Å². The molecule has 0 spiro atoms. The number of benzene rings is 1. The highest BCUT2D eigenvalue weighted by atomic mass is 79.9. The van der Waals surface area contributed by atoms with Gasteiger partial charge in [-0.15, -0.1) is 6.42 Å². The molecule has 6 heteroatoms. The Morgan fingerprint density at radius 1 is 1.43 bits per heavy atom. The summed E-state index contributed by atoms with van der Waals surface area (Å²) in [6.45, 7) is 0.657. The summed E-state index contributed by atoms with van der Waals surface area (Å²) < 4.78 is 1.60. The van der Waals surface area contributed by atoms with E-state index in [1.165, 1.54) is 4.68 Å². The van der Waals surface area contributed by atoms with Crippen molar-refractivity contribution in [2.75, 3.05) is 5.32 Å². The van der Waals surface area contributed by atoms with Crippen molar-refractivity contribution in [2.45, 2.75) is 19.7 Å². The molecule has 0 atom stereocenters. The molecule has 0 bridgehead atoms. The second-order valence-electron chi connectivity index (χ2n) is 4.37. The predicted octanol–water partition coefficient (Wildman–Crippen LogP) is 1.74. The number of hydrogen-bond acceptors (Lipinski definition) is 4. The lowest BCUT2D eigenvalue weighted by Gasteiger charge is -2.10. The van der Waals surface area contributed by atoms with Gasteiger partial charge in [0.1, 0.15) is 11.0 Å². The Kier molecular flexibility index (Phi) is 5.14. The molecule has 2 rings (SSSR count). The molecule has 0 saturated carbocycles. The number of aliphatic hydroxyl groups excluding tert-OH is 1. The van der Waals surface area contributed by atoms with Gasteiger partial charge >= 0.3 is 0 Å². The van der Waals surface area contributed by atoms with E-state index in [1.54, 1.807) is 6.20 Å². The van der Waals surface area contributed by atoms with Crippen LogP contribution in [0.3, 0.4) is 0 Å². The monoisotopic (exact) mass is 347 g/mol. The van der Waals surface area contributed by atoms with Gasteiger partial charge in [-0.25, -0.2) is 4.68 Å². The Morgan fingerprint density at radius 3 is 2.90 bits per heavy atom. The van der Waals surface area contributed by atoms with Gasteiger partial charge in [-0.1, -0.05) is 30.2 Å². The zero-order valence-electron chi connectivity index (χ0n) is 11.2. The number of hydrogen-bond donors (Lipinski definition) is 2. The molecule has 0 aliphatic carbocycles. The van der Waals surface area contributed by atoms with Gasteiger partial charge in [-0.3, -0.25) is 4.79 Å². The Bertz CT molecular complexity index is 734. The SMILES string of the molecule is C#CCn1ncc(NCc2cccc(CO)c2)c(Br)c1=O. The number of anilines is 1. The van der Waals surface area contributed by atoms with Gasteiger partial charge in [0.25, 0.3) is 5.56 Å². The van der Waals surface area contributed by atoms with E-state index in [2.05, 4.69) is 32.3 Å². The largest absolute Gasteiger partial charge is 0.392 e. The fourth-order valence-corrected chi connectivity index (χ4v) is 2.27. The summed E-state index contributed by atoms with van der Waals surface area (Å²) in [6, 6.07) is 7.56. The van der Waals surface area contributed by atoms with E-state index in [-0.39, 0.29) is 18.7 Å². The van der Waals surface area contributed by atoms with Crippen molar-refractivity contribution in [3.8, 4) is 12.3 Å². The summed E-state index contributed by atoms with van der Waals surface area (Å²) >= 11 is 3.26. The Hall–Kier alpha value is -2.10. The van der Waals surface area contributed by atoms with E-state index in [0.29, 0.717) is 16.7 Å². The molecule has 0 saturated heterocycles. The third kappa shape index (κ3) is 3.72. The van der Waals surface area contributed by atoms with Crippen LogP contribution in [0.1, 0.15) is 11.1 Å². The Labute approximate surface area is 130 Å². The molecule has 5 nitrogen and oxygen atoms in total. The van der Waals surface area contributed by atoms with Gasteiger partial charge in [-0.05, 0) is 27.1 Å². The molecule has 1 aromatic carbocycles. The third-order valence-electron chi connectivity index (χ3n) is 2.88. The molecule has 1 aromatic heterocycles. The van der Waals surface area contributed by atoms with Crippen LogP contribution >= 0.6 is 15.9 Å². The van der Waals surface area contributed by atoms with E-state index in [9.17, 15) is 4.79 Å². The minimum Gasteiger partial charge on any atom is -0.392 e. The van der Waals surface area contributed by atoms with Crippen molar-refractivity contribution in [3.63, 3.8) is 0 Å². The van der Waals surface area contributed by atoms with E-state index >= 15 is 0 Å². The lowest BCUT2D eigenvalue weighted by molar-refractivity contribution is 0.281. The first-order valence-corrected chi connectivity index (χ1v) is 7.06. The summed E-state index contributed by atoms with van der Waals surface area (Å²) in [7, 11) is 0. The number of nitrogens with zero attached hydrogens (tertiary/aromatic N) is 2. The molecule has 0 fully saturated rings. The molecule has 0 aliphatic heterocycles. The minimum atomic E-state index is -0.276. The maximum absolute atomic E-state index is 12.0. The molecule has 2 aromatic rings. The quantitative estimate of drug-likeness (QED) is 0.808. The number of aliphatic hydroxyl groups is 1. The van der Waals surface area contributed by atoms with Gasteiger partial charge in [-0.2, -0.15) is 5.10 Å². The van der Waals surface area contributed by atoms with Crippen molar-refractivity contribution < 1.29 is 5.11 Å². The molecule has 1 heterocycles. The molecule has 0 radical (unpaired) electrons. The second kappa shape index (κ2) is 7.07. The first-order chi connectivity index (χ1) is 10.2. The highest BCUT2D eigenvalue weighted by Crippen LogP contribution is 2.17. The van der Waals surface area contributed by atoms with Gasteiger partial charge in [0.2, 0.25) is 0 Å². The fraction of sp³-hybridized carbons (Fsp3) is 0.200. The van der Waals surface area contributed by atoms with Crippen LogP contribution in [-0.2, 0) is 19.7 Å². The summed E-state index contributed by atoms with van der Waals surface area (Å²) in [5.41, 5.74) is 2.17. The fourth-order valence-electron chi connectivity index (χ4n) is 1.82. The van der Waals surface area contributed by atoms with Crippen molar-refractivity contribution in [1.29, 1.82) is 0 Å². The lowest BCUT2D eigenvalue weighted by atomic mass is 10.1. The van der Waals surface area contributed by atoms with Crippen LogP contribution in [0, 0.1) is 12.3 Å². The maximum atomic E-state index is 12.0. The zero-order valence-corrected chi connectivity index (χ0v) is 12.8. The van der Waals surface area contributed by atoms with E-state index in [1.807, 2.05) is 24.3 Å². The second-order valence-corrected chi connectivity index (χ2v) is 5.16. The van der Waals surface area contributed by atoms with Crippen molar-refractivity contribution >= 4 is 21.6 Å². The standard InChI is InChI=1S/C15H14BrN3O2/c1-2-6-19-15(21)14(16)13(9-18-19)17-8-11-4-3-5-12(7-11)10-20/h1,3-5,7,9,17,20H,6,8,10H2. The number of rotatable bonds is 5. The summed E-state index contributed by atoms with van der Waals surface area (Å²) in [6.07, 6.45) is 6.73. The Morgan fingerprint density at radius 2 is 2.19 bits per heavy atom. The number of aromatic nitrogens is 2. The van der Waals surface area contributed by atoms with Crippen LogP contribution in [0.2, 0.25) is 0 Å². The molecule has 0 amide bonds. The average Bonchev–Trinajstić information content (AvgIpc) is 2.51. The predicted molar refractivity (Wildman–Crippen MR) is 84.7 cm³/mol. The van der Waals surface area contributed by atoms with Crippen molar-refractivity contribution in [2.24, 2.45) is 0 Å². The molecule has 108 valence electrons. The molecular formula is C15H14BrN3O2.